The van der Waals surface area contributed by atoms with Crippen molar-refractivity contribution in [1.29, 1.82) is 0 Å². The Morgan fingerprint density at radius 3 is 2.94 bits per heavy atom. The van der Waals surface area contributed by atoms with Gasteiger partial charge in [0.1, 0.15) is 6.10 Å². The van der Waals surface area contributed by atoms with E-state index in [0.717, 1.165) is 11.3 Å². The number of aryl methyl sites for hydroxylation is 1. The lowest BCUT2D eigenvalue weighted by Crippen LogP contribution is -2.13. The highest BCUT2D eigenvalue weighted by Gasteiger charge is 2.13. The van der Waals surface area contributed by atoms with Crippen LogP contribution in [0.5, 0.6) is 0 Å². The van der Waals surface area contributed by atoms with E-state index in [2.05, 4.69) is 19.9 Å². The van der Waals surface area contributed by atoms with Crippen LogP contribution in [0, 0.1) is 6.92 Å². The molecule has 1 aromatic heterocycles. The Hall–Kier alpha value is -2.08. The van der Waals surface area contributed by atoms with E-state index in [9.17, 15) is 9.90 Å². The SMILES string of the molecule is Cc1ccccc1NCC(O)c1n[nH]c(=O)o1. The fourth-order valence-electron chi connectivity index (χ4n) is 1.45. The zero-order valence-corrected chi connectivity index (χ0v) is 9.30. The Balaban J connectivity index is 1.99. The second-order valence-corrected chi connectivity index (χ2v) is 3.66. The van der Waals surface area contributed by atoms with Crippen molar-refractivity contribution in [2.24, 2.45) is 0 Å². The average Bonchev–Trinajstić information content (AvgIpc) is 2.74. The van der Waals surface area contributed by atoms with E-state index in [-0.39, 0.29) is 12.4 Å². The molecule has 0 aliphatic heterocycles. The van der Waals surface area contributed by atoms with E-state index in [1.807, 2.05) is 31.2 Å². The van der Waals surface area contributed by atoms with Crippen LogP contribution in [0.1, 0.15) is 17.6 Å². The van der Waals surface area contributed by atoms with E-state index in [1.165, 1.54) is 0 Å². The fraction of sp³-hybridized carbons (Fsp3) is 0.273. The molecule has 2 rings (SSSR count). The highest BCUT2D eigenvalue weighted by atomic mass is 16.4. The molecule has 6 nitrogen and oxygen atoms in total. The third-order valence-electron chi connectivity index (χ3n) is 2.37. The molecule has 2 aromatic rings. The van der Waals surface area contributed by atoms with Gasteiger partial charge in [-0.25, -0.2) is 9.89 Å². The summed E-state index contributed by atoms with van der Waals surface area (Å²) in [6.07, 6.45) is -0.964. The number of H-pyrrole nitrogens is 1. The van der Waals surface area contributed by atoms with Gasteiger partial charge in [0.25, 0.3) is 0 Å². The van der Waals surface area contributed by atoms with Crippen molar-refractivity contribution in [3.05, 3.63) is 46.3 Å². The van der Waals surface area contributed by atoms with E-state index in [4.69, 9.17) is 0 Å². The smallest absolute Gasteiger partial charge is 0.390 e. The summed E-state index contributed by atoms with van der Waals surface area (Å²) in [6, 6.07) is 7.70. The van der Waals surface area contributed by atoms with Gasteiger partial charge in [-0.2, -0.15) is 0 Å². The zero-order chi connectivity index (χ0) is 12.3. The van der Waals surface area contributed by atoms with Gasteiger partial charge in [0.15, 0.2) is 0 Å². The summed E-state index contributed by atoms with van der Waals surface area (Å²) in [6.45, 7) is 2.18. The molecule has 17 heavy (non-hydrogen) atoms. The minimum Gasteiger partial charge on any atom is -0.390 e. The number of rotatable bonds is 4. The van der Waals surface area contributed by atoms with Crippen LogP contribution in [0.3, 0.4) is 0 Å². The van der Waals surface area contributed by atoms with E-state index in [0.29, 0.717) is 0 Å². The number of hydrogen-bond donors (Lipinski definition) is 3. The first-order valence-electron chi connectivity index (χ1n) is 5.20. The van der Waals surface area contributed by atoms with Gasteiger partial charge in [0.05, 0.1) is 0 Å². The summed E-state index contributed by atoms with van der Waals surface area (Å²) in [5.74, 6) is -0.689. The second kappa shape index (κ2) is 4.84. The molecule has 0 saturated carbocycles. The average molecular weight is 235 g/mol. The van der Waals surface area contributed by atoms with Crippen LogP contribution in [0.15, 0.2) is 33.5 Å². The summed E-state index contributed by atoms with van der Waals surface area (Å²) in [4.78, 5) is 10.7. The van der Waals surface area contributed by atoms with Crippen molar-refractivity contribution in [2.75, 3.05) is 11.9 Å². The first-order chi connectivity index (χ1) is 8.16. The van der Waals surface area contributed by atoms with E-state index < -0.39 is 11.9 Å². The van der Waals surface area contributed by atoms with Gasteiger partial charge in [0.2, 0.25) is 5.89 Å². The number of nitrogens with zero attached hydrogens (tertiary/aromatic N) is 1. The molecule has 0 amide bonds. The number of aliphatic hydroxyl groups excluding tert-OH is 1. The number of benzene rings is 1. The highest BCUT2D eigenvalue weighted by Crippen LogP contribution is 2.15. The lowest BCUT2D eigenvalue weighted by atomic mass is 10.2. The quantitative estimate of drug-likeness (QED) is 0.729. The molecule has 0 spiro atoms. The molecule has 1 atom stereocenters. The van der Waals surface area contributed by atoms with Crippen LogP contribution in [-0.2, 0) is 0 Å². The van der Waals surface area contributed by atoms with Gasteiger partial charge in [-0.3, -0.25) is 0 Å². The zero-order valence-electron chi connectivity index (χ0n) is 9.30. The predicted molar refractivity (Wildman–Crippen MR) is 61.8 cm³/mol. The maximum atomic E-state index is 10.7. The van der Waals surface area contributed by atoms with Crippen molar-refractivity contribution < 1.29 is 9.52 Å². The lowest BCUT2D eigenvalue weighted by Gasteiger charge is -2.11. The number of para-hydroxylation sites is 1. The lowest BCUT2D eigenvalue weighted by molar-refractivity contribution is 0.154. The van der Waals surface area contributed by atoms with Crippen LogP contribution < -0.4 is 11.1 Å². The number of hydrogen-bond acceptors (Lipinski definition) is 5. The Morgan fingerprint density at radius 1 is 1.53 bits per heavy atom. The standard InChI is InChI=1S/C11H13N3O3/c1-7-4-2-3-5-8(7)12-6-9(15)10-13-14-11(16)17-10/h2-5,9,12,15H,6H2,1H3,(H,14,16). The monoisotopic (exact) mass is 235 g/mol. The van der Waals surface area contributed by atoms with Crippen molar-refractivity contribution in [2.45, 2.75) is 13.0 Å². The van der Waals surface area contributed by atoms with Crippen LogP contribution in [0.2, 0.25) is 0 Å². The molecule has 0 fully saturated rings. The first-order valence-corrected chi connectivity index (χ1v) is 5.20. The highest BCUT2D eigenvalue weighted by molar-refractivity contribution is 5.50. The van der Waals surface area contributed by atoms with Crippen molar-refractivity contribution in [3.8, 4) is 0 Å². The summed E-state index contributed by atoms with van der Waals surface area (Å²) >= 11 is 0. The number of anilines is 1. The molecule has 6 heteroatoms. The summed E-state index contributed by atoms with van der Waals surface area (Å²) in [5.41, 5.74) is 1.99. The molecule has 0 radical (unpaired) electrons. The maximum Gasteiger partial charge on any atom is 0.434 e. The predicted octanol–water partition coefficient (Wildman–Crippen LogP) is 0.817. The number of aromatic amines is 1. The van der Waals surface area contributed by atoms with Gasteiger partial charge in [-0.05, 0) is 18.6 Å². The maximum absolute atomic E-state index is 10.7. The molecular weight excluding hydrogens is 222 g/mol. The molecule has 0 saturated heterocycles. The second-order valence-electron chi connectivity index (χ2n) is 3.66. The first kappa shape index (κ1) is 11.4. The Bertz CT molecular complexity index is 547. The third-order valence-corrected chi connectivity index (χ3v) is 2.37. The molecular formula is C11H13N3O3. The van der Waals surface area contributed by atoms with Crippen LogP contribution in [-0.4, -0.2) is 21.8 Å². The molecule has 1 aromatic carbocycles. The van der Waals surface area contributed by atoms with Crippen LogP contribution >= 0.6 is 0 Å². The molecule has 90 valence electrons. The van der Waals surface area contributed by atoms with Crippen LogP contribution in [0.25, 0.3) is 0 Å². The number of aliphatic hydroxyl groups is 1. The topological polar surface area (TPSA) is 91.1 Å². The molecule has 0 aliphatic rings. The van der Waals surface area contributed by atoms with Gasteiger partial charge in [-0.1, -0.05) is 18.2 Å². The Morgan fingerprint density at radius 2 is 2.29 bits per heavy atom. The summed E-state index contributed by atoms with van der Waals surface area (Å²) in [7, 11) is 0. The number of nitrogens with one attached hydrogen (secondary N) is 2. The normalized spacial score (nSPS) is 12.4. The Kier molecular flexibility index (Phi) is 3.24. The summed E-state index contributed by atoms with van der Waals surface area (Å²) < 4.78 is 4.65. The van der Waals surface area contributed by atoms with E-state index >= 15 is 0 Å². The third kappa shape index (κ3) is 2.73. The molecule has 1 heterocycles. The largest absolute Gasteiger partial charge is 0.434 e. The summed E-state index contributed by atoms with van der Waals surface area (Å²) in [5, 5.41) is 18.4. The van der Waals surface area contributed by atoms with Crippen molar-refractivity contribution in [3.63, 3.8) is 0 Å². The van der Waals surface area contributed by atoms with Gasteiger partial charge in [-0.15, -0.1) is 5.10 Å². The van der Waals surface area contributed by atoms with Crippen molar-refractivity contribution in [1.82, 2.24) is 10.2 Å². The fourth-order valence-corrected chi connectivity index (χ4v) is 1.45. The molecule has 0 bridgehead atoms. The minimum absolute atomic E-state index is 0.0175. The van der Waals surface area contributed by atoms with Gasteiger partial charge < -0.3 is 14.8 Å². The number of aromatic nitrogens is 2. The molecule has 1 unspecified atom stereocenters. The molecule has 3 N–H and O–H groups in total. The van der Waals surface area contributed by atoms with Crippen molar-refractivity contribution >= 4 is 5.69 Å². The Labute approximate surface area is 97.3 Å². The van der Waals surface area contributed by atoms with Crippen LogP contribution in [0.4, 0.5) is 5.69 Å². The van der Waals surface area contributed by atoms with E-state index in [1.54, 1.807) is 0 Å². The van der Waals surface area contributed by atoms with Gasteiger partial charge in [0, 0.05) is 12.2 Å². The van der Waals surface area contributed by atoms with Gasteiger partial charge >= 0.3 is 5.76 Å². The molecule has 0 aliphatic carbocycles. The minimum atomic E-state index is -0.964.